The summed E-state index contributed by atoms with van der Waals surface area (Å²) < 4.78 is 7.67. The molecule has 1 heterocycles. The third-order valence-electron chi connectivity index (χ3n) is 6.75. The van der Waals surface area contributed by atoms with Gasteiger partial charge in [-0.2, -0.15) is 5.10 Å². The van der Waals surface area contributed by atoms with Crippen LogP contribution in [0.4, 0.5) is 0 Å². The van der Waals surface area contributed by atoms with Gasteiger partial charge < -0.3 is 4.74 Å². The molecule has 1 atom stereocenters. The van der Waals surface area contributed by atoms with Crippen molar-refractivity contribution in [2.24, 2.45) is 5.92 Å². The van der Waals surface area contributed by atoms with Gasteiger partial charge in [0.1, 0.15) is 5.75 Å². The SMILES string of the molecule is CCC(=O)Oc1cccc2c1CCC(Cn1cc(C(c3ccccc3)c3ccccc3)cn1)C2. The van der Waals surface area contributed by atoms with Gasteiger partial charge in [0.15, 0.2) is 0 Å². The predicted molar refractivity (Wildman–Crippen MR) is 134 cm³/mol. The molecule has 34 heavy (non-hydrogen) atoms. The van der Waals surface area contributed by atoms with Gasteiger partial charge in [0.05, 0.1) is 6.20 Å². The highest BCUT2D eigenvalue weighted by molar-refractivity contribution is 5.72. The zero-order chi connectivity index (χ0) is 23.3. The van der Waals surface area contributed by atoms with Gasteiger partial charge in [-0.1, -0.05) is 79.7 Å². The highest BCUT2D eigenvalue weighted by Crippen LogP contribution is 2.34. The van der Waals surface area contributed by atoms with E-state index >= 15 is 0 Å². The van der Waals surface area contributed by atoms with Crippen molar-refractivity contribution in [3.63, 3.8) is 0 Å². The second kappa shape index (κ2) is 10.1. The van der Waals surface area contributed by atoms with Gasteiger partial charge in [0, 0.05) is 30.6 Å². The van der Waals surface area contributed by atoms with Crippen LogP contribution < -0.4 is 4.74 Å². The molecule has 4 aromatic rings. The molecule has 0 fully saturated rings. The molecule has 0 N–H and O–H groups in total. The highest BCUT2D eigenvalue weighted by atomic mass is 16.5. The zero-order valence-corrected chi connectivity index (χ0v) is 19.6. The van der Waals surface area contributed by atoms with Crippen LogP contribution in [0, 0.1) is 5.92 Å². The lowest BCUT2D eigenvalue weighted by Crippen LogP contribution is -2.21. The summed E-state index contributed by atoms with van der Waals surface area (Å²) in [4.78, 5) is 11.8. The number of ether oxygens (including phenoxy) is 1. The molecule has 172 valence electrons. The Balaban J connectivity index is 1.34. The second-order valence-electron chi connectivity index (χ2n) is 9.08. The minimum absolute atomic E-state index is 0.166. The number of hydrogen-bond donors (Lipinski definition) is 0. The molecule has 1 aliphatic carbocycles. The summed E-state index contributed by atoms with van der Waals surface area (Å²) in [5.74, 6) is 1.23. The summed E-state index contributed by atoms with van der Waals surface area (Å²) in [5, 5.41) is 4.75. The molecule has 0 spiro atoms. The van der Waals surface area contributed by atoms with Gasteiger partial charge in [-0.05, 0) is 53.5 Å². The van der Waals surface area contributed by atoms with Crippen molar-refractivity contribution in [2.75, 3.05) is 0 Å². The minimum Gasteiger partial charge on any atom is -0.426 e. The van der Waals surface area contributed by atoms with E-state index in [1.807, 2.05) is 25.3 Å². The predicted octanol–water partition coefficient (Wildman–Crippen LogP) is 6.18. The van der Waals surface area contributed by atoms with Crippen molar-refractivity contribution in [3.05, 3.63) is 119 Å². The van der Waals surface area contributed by atoms with Crippen LogP contribution in [0.1, 0.15) is 53.5 Å². The molecule has 3 aromatic carbocycles. The van der Waals surface area contributed by atoms with Crippen molar-refractivity contribution in [1.29, 1.82) is 0 Å². The lowest BCUT2D eigenvalue weighted by Gasteiger charge is -2.26. The van der Waals surface area contributed by atoms with Gasteiger partial charge in [-0.3, -0.25) is 9.48 Å². The summed E-state index contributed by atoms with van der Waals surface area (Å²) in [5.41, 5.74) is 6.23. The van der Waals surface area contributed by atoms with Crippen LogP contribution in [0.2, 0.25) is 0 Å². The Morgan fingerprint density at radius 3 is 2.35 bits per heavy atom. The lowest BCUT2D eigenvalue weighted by atomic mass is 9.83. The van der Waals surface area contributed by atoms with E-state index in [4.69, 9.17) is 9.84 Å². The molecule has 1 aliphatic rings. The zero-order valence-electron chi connectivity index (χ0n) is 19.6. The van der Waals surface area contributed by atoms with Crippen molar-refractivity contribution in [1.82, 2.24) is 9.78 Å². The molecule has 0 saturated carbocycles. The minimum atomic E-state index is -0.175. The Morgan fingerprint density at radius 2 is 1.68 bits per heavy atom. The molecule has 5 rings (SSSR count). The molecule has 0 amide bonds. The number of rotatable bonds is 7. The summed E-state index contributed by atoms with van der Waals surface area (Å²) in [6.45, 7) is 2.71. The molecule has 4 nitrogen and oxygen atoms in total. The van der Waals surface area contributed by atoms with Crippen molar-refractivity contribution in [2.45, 2.75) is 45.1 Å². The lowest BCUT2D eigenvalue weighted by molar-refractivity contribution is -0.134. The first kappa shape index (κ1) is 22.1. The number of esters is 1. The number of hydrogen-bond acceptors (Lipinski definition) is 3. The Labute approximate surface area is 201 Å². The van der Waals surface area contributed by atoms with E-state index in [9.17, 15) is 4.79 Å². The maximum absolute atomic E-state index is 11.8. The molecule has 0 saturated heterocycles. The van der Waals surface area contributed by atoms with E-state index in [0.29, 0.717) is 12.3 Å². The first-order chi connectivity index (χ1) is 16.7. The Bertz CT molecular complexity index is 1210. The highest BCUT2D eigenvalue weighted by Gasteiger charge is 2.24. The maximum Gasteiger partial charge on any atom is 0.310 e. The number of benzene rings is 3. The average Bonchev–Trinajstić information content (AvgIpc) is 3.33. The Hall–Kier alpha value is -3.66. The normalized spacial score (nSPS) is 15.2. The molecule has 0 bridgehead atoms. The van der Waals surface area contributed by atoms with Crippen LogP contribution in [-0.2, 0) is 24.2 Å². The Kier molecular flexibility index (Phi) is 6.57. The number of carbonyl (C=O) groups is 1. The summed E-state index contributed by atoms with van der Waals surface area (Å²) in [6.07, 6.45) is 7.58. The second-order valence-corrected chi connectivity index (χ2v) is 9.08. The van der Waals surface area contributed by atoms with E-state index in [0.717, 1.165) is 31.6 Å². The standard InChI is InChI=1S/C30H30N2O2/c1-2-29(33)34-28-15-9-14-25-18-22(16-17-27(25)28)20-32-21-26(19-31-32)30(23-10-5-3-6-11-23)24-12-7-4-8-13-24/h3-15,19,21-22,30H,2,16-18,20H2,1H3. The Morgan fingerprint density at radius 1 is 0.971 bits per heavy atom. The number of fused-ring (bicyclic) bond motifs is 1. The molecule has 1 aromatic heterocycles. The quantitative estimate of drug-likeness (QED) is 0.249. The number of nitrogens with zero attached hydrogens (tertiary/aromatic N) is 2. The van der Waals surface area contributed by atoms with Crippen molar-refractivity contribution >= 4 is 5.97 Å². The van der Waals surface area contributed by atoms with E-state index in [2.05, 4.69) is 77.6 Å². The van der Waals surface area contributed by atoms with Crippen LogP contribution in [0.15, 0.2) is 91.3 Å². The van der Waals surface area contributed by atoms with Crippen LogP contribution >= 0.6 is 0 Å². The van der Waals surface area contributed by atoms with Crippen LogP contribution in [0.3, 0.4) is 0 Å². The smallest absolute Gasteiger partial charge is 0.310 e. The summed E-state index contributed by atoms with van der Waals surface area (Å²) in [6, 6.07) is 27.4. The number of carbonyl (C=O) groups excluding carboxylic acids is 1. The van der Waals surface area contributed by atoms with Crippen LogP contribution in [0.25, 0.3) is 0 Å². The van der Waals surface area contributed by atoms with Crippen LogP contribution in [0.5, 0.6) is 5.75 Å². The van der Waals surface area contributed by atoms with E-state index in [-0.39, 0.29) is 11.9 Å². The summed E-state index contributed by atoms with van der Waals surface area (Å²) in [7, 11) is 0. The van der Waals surface area contributed by atoms with Gasteiger partial charge in [-0.15, -0.1) is 0 Å². The maximum atomic E-state index is 11.8. The first-order valence-corrected chi connectivity index (χ1v) is 12.1. The van der Waals surface area contributed by atoms with Crippen LogP contribution in [-0.4, -0.2) is 15.7 Å². The third-order valence-corrected chi connectivity index (χ3v) is 6.75. The fourth-order valence-corrected chi connectivity index (χ4v) is 5.06. The monoisotopic (exact) mass is 450 g/mol. The van der Waals surface area contributed by atoms with E-state index in [1.165, 1.54) is 27.8 Å². The van der Waals surface area contributed by atoms with Crippen molar-refractivity contribution in [3.8, 4) is 5.75 Å². The molecule has 0 aliphatic heterocycles. The van der Waals surface area contributed by atoms with E-state index < -0.39 is 0 Å². The van der Waals surface area contributed by atoms with Crippen molar-refractivity contribution < 1.29 is 9.53 Å². The fourth-order valence-electron chi connectivity index (χ4n) is 5.06. The topological polar surface area (TPSA) is 44.1 Å². The molecular formula is C30H30N2O2. The molecule has 0 radical (unpaired) electrons. The first-order valence-electron chi connectivity index (χ1n) is 12.1. The number of aromatic nitrogens is 2. The van der Waals surface area contributed by atoms with Gasteiger partial charge in [0.2, 0.25) is 0 Å². The van der Waals surface area contributed by atoms with Gasteiger partial charge >= 0.3 is 5.97 Å². The molecule has 4 heteroatoms. The molecule has 1 unspecified atom stereocenters. The average molecular weight is 451 g/mol. The van der Waals surface area contributed by atoms with Gasteiger partial charge in [-0.25, -0.2) is 0 Å². The third kappa shape index (κ3) is 4.81. The molecular weight excluding hydrogens is 420 g/mol. The summed E-state index contributed by atoms with van der Waals surface area (Å²) >= 11 is 0. The largest absolute Gasteiger partial charge is 0.426 e. The van der Waals surface area contributed by atoms with Gasteiger partial charge in [0.25, 0.3) is 0 Å². The fraction of sp³-hybridized carbons (Fsp3) is 0.267. The van der Waals surface area contributed by atoms with E-state index in [1.54, 1.807) is 0 Å².